The van der Waals surface area contributed by atoms with E-state index in [4.69, 9.17) is 37.5 Å². The molecule has 0 N–H and O–H groups in total. The molecule has 1 heterocycles. The number of rotatable bonds is 10. The number of ketones is 1. The summed E-state index contributed by atoms with van der Waals surface area (Å²) in [7, 11) is 0. The van der Waals surface area contributed by atoms with Gasteiger partial charge in [-0.15, -0.1) is 0 Å². The van der Waals surface area contributed by atoms with Gasteiger partial charge in [0.05, 0.1) is 23.3 Å². The number of carbonyl (C=O) groups excluding carboxylic acids is 2. The fourth-order valence-electron chi connectivity index (χ4n) is 4.14. The Balaban J connectivity index is 1.93. The molecule has 9 heteroatoms. The first kappa shape index (κ1) is 26.1. The third-order valence-corrected chi connectivity index (χ3v) is 6.33. The SMILES string of the molecule is CCOC(=O)CCCO/N=C(\OCC)c1c(C)c2c(n1Cc1ccc(Cl)c(Cl)c1)CCCC2=O. The molecule has 1 aliphatic carbocycles. The molecular formula is C25H30Cl2N2O5. The fraction of sp³-hybridized carbons (Fsp3) is 0.480. The highest BCUT2D eigenvalue weighted by atomic mass is 35.5. The summed E-state index contributed by atoms with van der Waals surface area (Å²) in [5.74, 6) is 0.162. The van der Waals surface area contributed by atoms with Gasteiger partial charge < -0.3 is 18.9 Å². The van der Waals surface area contributed by atoms with Gasteiger partial charge in [0.1, 0.15) is 12.3 Å². The average molecular weight is 509 g/mol. The minimum absolute atomic E-state index is 0.124. The second-order valence-electron chi connectivity index (χ2n) is 7.98. The largest absolute Gasteiger partial charge is 0.474 e. The maximum Gasteiger partial charge on any atom is 0.305 e. The molecule has 184 valence electrons. The highest BCUT2D eigenvalue weighted by Gasteiger charge is 2.30. The minimum atomic E-state index is -0.266. The van der Waals surface area contributed by atoms with Crippen molar-refractivity contribution in [2.75, 3.05) is 19.8 Å². The van der Waals surface area contributed by atoms with E-state index >= 15 is 0 Å². The van der Waals surface area contributed by atoms with Crippen molar-refractivity contribution in [1.29, 1.82) is 0 Å². The number of oxime groups is 1. The van der Waals surface area contributed by atoms with E-state index in [2.05, 4.69) is 9.72 Å². The van der Waals surface area contributed by atoms with E-state index in [1.165, 1.54) is 0 Å². The van der Waals surface area contributed by atoms with E-state index in [0.717, 1.165) is 35.2 Å². The van der Waals surface area contributed by atoms with Gasteiger partial charge in [0.25, 0.3) is 5.90 Å². The first-order valence-corrected chi connectivity index (χ1v) is 12.3. The molecule has 0 bridgehead atoms. The van der Waals surface area contributed by atoms with E-state index < -0.39 is 0 Å². The Morgan fingerprint density at radius 3 is 2.59 bits per heavy atom. The predicted molar refractivity (Wildman–Crippen MR) is 132 cm³/mol. The van der Waals surface area contributed by atoms with E-state index in [1.807, 2.05) is 26.0 Å². The normalized spacial score (nSPS) is 13.6. The van der Waals surface area contributed by atoms with Crippen LogP contribution in [0.1, 0.15) is 72.4 Å². The zero-order chi connectivity index (χ0) is 24.7. The van der Waals surface area contributed by atoms with Crippen LogP contribution in [0.3, 0.4) is 0 Å². The zero-order valence-corrected chi connectivity index (χ0v) is 21.3. The Hall–Kier alpha value is -2.51. The molecule has 0 saturated heterocycles. The lowest BCUT2D eigenvalue weighted by molar-refractivity contribution is -0.143. The quantitative estimate of drug-likeness (QED) is 0.134. The first-order chi connectivity index (χ1) is 16.4. The molecule has 34 heavy (non-hydrogen) atoms. The summed E-state index contributed by atoms with van der Waals surface area (Å²) in [5, 5.41) is 5.21. The third-order valence-electron chi connectivity index (χ3n) is 5.59. The number of fused-ring (bicyclic) bond motifs is 1. The van der Waals surface area contributed by atoms with Crippen molar-refractivity contribution in [1.82, 2.24) is 4.57 Å². The van der Waals surface area contributed by atoms with Crippen molar-refractivity contribution < 1.29 is 23.9 Å². The van der Waals surface area contributed by atoms with E-state index in [-0.39, 0.29) is 24.8 Å². The third kappa shape index (κ3) is 6.13. The van der Waals surface area contributed by atoms with Gasteiger partial charge >= 0.3 is 5.97 Å². The van der Waals surface area contributed by atoms with Gasteiger partial charge in [-0.3, -0.25) is 9.59 Å². The van der Waals surface area contributed by atoms with Gasteiger partial charge in [-0.25, -0.2) is 0 Å². The summed E-state index contributed by atoms with van der Waals surface area (Å²) < 4.78 is 12.9. The Morgan fingerprint density at radius 2 is 1.88 bits per heavy atom. The molecule has 0 unspecified atom stereocenters. The molecule has 1 aromatic carbocycles. The standard InChI is InChI=1S/C25H30Cl2N2O5/c1-4-32-22(31)10-7-13-34-28-25(33-5-2)24-16(3)23-20(8-6-9-21(23)30)29(24)15-17-11-12-18(26)19(27)14-17/h11-12,14H,4-10,13,15H2,1-3H3/b28-25-. The molecule has 0 spiro atoms. The molecule has 0 amide bonds. The second-order valence-corrected chi connectivity index (χ2v) is 8.79. The number of Topliss-reactive ketones (excluding diaryl/α,β-unsaturated/α-hetero) is 1. The van der Waals surface area contributed by atoms with Crippen LogP contribution in [0.5, 0.6) is 0 Å². The number of aromatic nitrogens is 1. The molecule has 1 aromatic heterocycles. The smallest absolute Gasteiger partial charge is 0.305 e. The van der Waals surface area contributed by atoms with Gasteiger partial charge in [-0.2, -0.15) is 0 Å². The van der Waals surface area contributed by atoms with Crippen molar-refractivity contribution >= 4 is 40.9 Å². The lowest BCUT2D eigenvalue weighted by Crippen LogP contribution is -2.18. The minimum Gasteiger partial charge on any atom is -0.474 e. The number of hydrogen-bond donors (Lipinski definition) is 0. The van der Waals surface area contributed by atoms with Crippen LogP contribution in [0.15, 0.2) is 23.4 Å². The van der Waals surface area contributed by atoms with E-state index in [0.29, 0.717) is 54.2 Å². The average Bonchev–Trinajstić information content (AvgIpc) is 3.08. The van der Waals surface area contributed by atoms with Gasteiger partial charge in [-0.1, -0.05) is 29.3 Å². The van der Waals surface area contributed by atoms with Crippen LogP contribution in [0.2, 0.25) is 10.0 Å². The molecule has 0 atom stereocenters. The van der Waals surface area contributed by atoms with Crippen molar-refractivity contribution in [3.8, 4) is 0 Å². The maximum absolute atomic E-state index is 12.8. The summed E-state index contributed by atoms with van der Waals surface area (Å²) >= 11 is 12.3. The first-order valence-electron chi connectivity index (χ1n) is 11.5. The van der Waals surface area contributed by atoms with Crippen LogP contribution in [-0.4, -0.2) is 42.0 Å². The van der Waals surface area contributed by atoms with Crippen LogP contribution in [0, 0.1) is 6.92 Å². The summed E-state index contributed by atoms with van der Waals surface area (Å²) in [6.45, 7) is 6.99. The molecule has 0 saturated carbocycles. The van der Waals surface area contributed by atoms with Gasteiger partial charge in [0, 0.05) is 30.6 Å². The number of esters is 1. The highest BCUT2D eigenvalue weighted by molar-refractivity contribution is 6.42. The maximum atomic E-state index is 12.8. The summed E-state index contributed by atoms with van der Waals surface area (Å²) in [6.07, 6.45) is 2.82. The number of carbonyl (C=O) groups is 2. The monoisotopic (exact) mass is 508 g/mol. The number of hydrogen-bond acceptors (Lipinski definition) is 6. The molecule has 7 nitrogen and oxygen atoms in total. The van der Waals surface area contributed by atoms with Crippen molar-refractivity contribution in [2.24, 2.45) is 5.16 Å². The van der Waals surface area contributed by atoms with Gasteiger partial charge in [-0.05, 0) is 68.4 Å². The molecule has 2 aromatic rings. The van der Waals surface area contributed by atoms with Crippen LogP contribution in [0.4, 0.5) is 0 Å². The Labute approximate surface area is 209 Å². The van der Waals surface area contributed by atoms with Crippen molar-refractivity contribution in [3.63, 3.8) is 0 Å². The predicted octanol–water partition coefficient (Wildman–Crippen LogP) is 5.73. The molecule has 0 radical (unpaired) electrons. The summed E-state index contributed by atoms with van der Waals surface area (Å²) in [4.78, 5) is 29.8. The molecular weight excluding hydrogens is 479 g/mol. The molecule has 3 rings (SSSR count). The highest BCUT2D eigenvalue weighted by Crippen LogP contribution is 2.32. The summed E-state index contributed by atoms with van der Waals surface area (Å²) in [6, 6.07) is 5.49. The molecule has 0 aliphatic heterocycles. The number of ether oxygens (including phenoxy) is 2. The number of halogens is 2. The van der Waals surface area contributed by atoms with Crippen LogP contribution >= 0.6 is 23.2 Å². The van der Waals surface area contributed by atoms with Crippen molar-refractivity contribution in [3.05, 3.63) is 56.3 Å². The topological polar surface area (TPSA) is 79.1 Å². The van der Waals surface area contributed by atoms with Crippen LogP contribution in [-0.2, 0) is 32.1 Å². The number of nitrogens with zero attached hydrogens (tertiary/aromatic N) is 2. The Morgan fingerprint density at radius 1 is 1.12 bits per heavy atom. The second kappa shape index (κ2) is 12.3. The lowest BCUT2D eigenvalue weighted by Gasteiger charge is -2.17. The lowest BCUT2D eigenvalue weighted by atomic mass is 9.93. The zero-order valence-electron chi connectivity index (χ0n) is 19.8. The van der Waals surface area contributed by atoms with E-state index in [9.17, 15) is 9.59 Å². The van der Waals surface area contributed by atoms with Crippen LogP contribution in [0.25, 0.3) is 0 Å². The van der Waals surface area contributed by atoms with Crippen molar-refractivity contribution in [2.45, 2.75) is 59.4 Å². The van der Waals surface area contributed by atoms with Gasteiger partial charge in [0.15, 0.2) is 5.78 Å². The Bertz CT molecular complexity index is 1080. The summed E-state index contributed by atoms with van der Waals surface area (Å²) in [5.41, 5.74) is 4.17. The fourth-order valence-corrected chi connectivity index (χ4v) is 4.46. The van der Waals surface area contributed by atoms with Gasteiger partial charge in [0.2, 0.25) is 0 Å². The van der Waals surface area contributed by atoms with E-state index in [1.54, 1.807) is 13.0 Å². The Kier molecular flexibility index (Phi) is 9.42. The molecule has 0 fully saturated rings. The number of benzene rings is 1. The van der Waals surface area contributed by atoms with Crippen LogP contribution < -0.4 is 0 Å². The molecule has 1 aliphatic rings.